The van der Waals surface area contributed by atoms with Gasteiger partial charge in [0, 0.05) is 17.7 Å². The van der Waals surface area contributed by atoms with Crippen LogP contribution in [0, 0.1) is 0 Å². The molecule has 0 aliphatic heterocycles. The van der Waals surface area contributed by atoms with Crippen LogP contribution in [0.1, 0.15) is 18.9 Å². The summed E-state index contributed by atoms with van der Waals surface area (Å²) in [4.78, 5) is 14.5. The molecule has 3 nitrogen and oxygen atoms in total. The second-order valence-electron chi connectivity index (χ2n) is 2.89. The van der Waals surface area contributed by atoms with Gasteiger partial charge in [0.15, 0.2) is 0 Å². The van der Waals surface area contributed by atoms with Gasteiger partial charge in [0.2, 0.25) is 0 Å². The lowest BCUT2D eigenvalue weighted by Gasteiger charge is -1.95. The summed E-state index contributed by atoms with van der Waals surface area (Å²) in [6.45, 7) is 3.67. The molecule has 0 saturated carbocycles. The molecule has 74 valence electrons. The predicted octanol–water partition coefficient (Wildman–Crippen LogP) is 2.58. The molecule has 1 N–H and O–H groups in total. The normalized spacial score (nSPS) is 13.0. The van der Waals surface area contributed by atoms with Crippen LogP contribution in [-0.4, -0.2) is 16.1 Å². The molecule has 0 unspecified atom stereocenters. The quantitative estimate of drug-likeness (QED) is 0.615. The van der Waals surface area contributed by atoms with Crippen molar-refractivity contribution in [2.45, 2.75) is 13.8 Å². The number of allylic oxidation sites excluding steroid dienone is 3. The summed E-state index contributed by atoms with van der Waals surface area (Å²) in [7, 11) is 0. The van der Waals surface area contributed by atoms with E-state index in [1.54, 1.807) is 13.1 Å². The van der Waals surface area contributed by atoms with Gasteiger partial charge < -0.3 is 5.11 Å². The Kier molecular flexibility index (Phi) is 3.59. The maximum Gasteiger partial charge on any atom is 0.328 e. The third kappa shape index (κ3) is 3.14. The molecule has 0 bridgehead atoms. The molecule has 4 heteroatoms. The number of hydrogen-bond donors (Lipinski definition) is 1. The molecule has 0 fully saturated rings. The van der Waals surface area contributed by atoms with Crippen LogP contribution in [0.15, 0.2) is 29.3 Å². The standard InChI is InChI=1S/C10H11NO2S/c1-7(6-9(12)13)5-8(2)10-11-3-4-14-10/h3-6H,1-2H3,(H,12,13)/b7-6-,8-5+. The highest BCUT2D eigenvalue weighted by Crippen LogP contribution is 2.17. The number of nitrogens with zero attached hydrogens (tertiary/aromatic N) is 1. The first-order valence-corrected chi connectivity index (χ1v) is 4.97. The van der Waals surface area contributed by atoms with Gasteiger partial charge in [-0.25, -0.2) is 9.78 Å². The molecule has 14 heavy (non-hydrogen) atoms. The van der Waals surface area contributed by atoms with E-state index in [9.17, 15) is 4.79 Å². The smallest absolute Gasteiger partial charge is 0.328 e. The molecule has 0 aliphatic rings. The number of hydrogen-bond acceptors (Lipinski definition) is 3. The number of carbonyl (C=O) groups is 1. The lowest BCUT2D eigenvalue weighted by Crippen LogP contribution is -1.88. The van der Waals surface area contributed by atoms with E-state index in [4.69, 9.17) is 5.11 Å². The molecule has 0 aromatic carbocycles. The Morgan fingerprint density at radius 3 is 2.71 bits per heavy atom. The van der Waals surface area contributed by atoms with Crippen molar-refractivity contribution < 1.29 is 9.90 Å². The zero-order valence-corrected chi connectivity index (χ0v) is 8.84. The third-order valence-corrected chi connectivity index (χ3v) is 2.47. The summed E-state index contributed by atoms with van der Waals surface area (Å²) in [6, 6.07) is 0. The molecular formula is C10H11NO2S. The number of thiazole rings is 1. The van der Waals surface area contributed by atoms with E-state index in [1.165, 1.54) is 17.4 Å². The summed E-state index contributed by atoms with van der Waals surface area (Å²) in [6.07, 6.45) is 4.72. The van der Waals surface area contributed by atoms with Gasteiger partial charge in [-0.15, -0.1) is 11.3 Å². The highest BCUT2D eigenvalue weighted by molar-refractivity contribution is 7.10. The summed E-state index contributed by atoms with van der Waals surface area (Å²) < 4.78 is 0. The molecule has 1 aromatic rings. The third-order valence-electron chi connectivity index (χ3n) is 1.56. The van der Waals surface area contributed by atoms with Gasteiger partial charge in [-0.1, -0.05) is 6.08 Å². The van der Waals surface area contributed by atoms with Crippen LogP contribution in [0.5, 0.6) is 0 Å². The van der Waals surface area contributed by atoms with Crippen molar-refractivity contribution in [3.8, 4) is 0 Å². The minimum atomic E-state index is -0.925. The van der Waals surface area contributed by atoms with Gasteiger partial charge >= 0.3 is 5.97 Å². The number of rotatable bonds is 3. The molecule has 0 saturated heterocycles. The first-order chi connectivity index (χ1) is 6.59. The predicted molar refractivity (Wildman–Crippen MR) is 57.2 cm³/mol. The Balaban J connectivity index is 2.84. The summed E-state index contributed by atoms with van der Waals surface area (Å²) >= 11 is 1.54. The topological polar surface area (TPSA) is 50.2 Å². The van der Waals surface area contributed by atoms with E-state index < -0.39 is 5.97 Å². The second kappa shape index (κ2) is 4.72. The zero-order valence-electron chi connectivity index (χ0n) is 8.02. The van der Waals surface area contributed by atoms with Crippen molar-refractivity contribution in [1.82, 2.24) is 4.98 Å². The highest BCUT2D eigenvalue weighted by atomic mass is 32.1. The van der Waals surface area contributed by atoms with Gasteiger partial charge in [0.05, 0.1) is 0 Å². The lowest BCUT2D eigenvalue weighted by atomic mass is 10.2. The first kappa shape index (κ1) is 10.7. The van der Waals surface area contributed by atoms with Crippen molar-refractivity contribution in [3.05, 3.63) is 34.3 Å². The van der Waals surface area contributed by atoms with Crippen LogP contribution in [0.4, 0.5) is 0 Å². The summed E-state index contributed by atoms with van der Waals surface area (Å²) in [5, 5.41) is 11.3. The highest BCUT2D eigenvalue weighted by Gasteiger charge is 1.98. The van der Waals surface area contributed by atoms with Crippen molar-refractivity contribution in [2.75, 3.05) is 0 Å². The van der Waals surface area contributed by atoms with E-state index in [0.29, 0.717) is 5.57 Å². The number of carboxylic acids is 1. The average molecular weight is 209 g/mol. The first-order valence-electron chi connectivity index (χ1n) is 4.09. The Morgan fingerprint density at radius 2 is 2.21 bits per heavy atom. The summed E-state index contributed by atoms with van der Waals surface area (Å²) in [5.74, 6) is -0.925. The second-order valence-corrected chi connectivity index (χ2v) is 3.79. The number of carboxylic acid groups (broad SMARTS) is 1. The van der Waals surface area contributed by atoms with Gasteiger partial charge in [-0.05, 0) is 25.0 Å². The fourth-order valence-corrected chi connectivity index (χ4v) is 1.68. The number of aromatic nitrogens is 1. The molecule has 0 amide bonds. The molecular weight excluding hydrogens is 198 g/mol. The Hall–Kier alpha value is -1.42. The van der Waals surface area contributed by atoms with Crippen LogP contribution < -0.4 is 0 Å². The minimum Gasteiger partial charge on any atom is -0.478 e. The zero-order chi connectivity index (χ0) is 10.6. The monoisotopic (exact) mass is 209 g/mol. The molecule has 0 atom stereocenters. The van der Waals surface area contributed by atoms with E-state index in [0.717, 1.165) is 10.6 Å². The largest absolute Gasteiger partial charge is 0.478 e. The number of aliphatic carboxylic acids is 1. The lowest BCUT2D eigenvalue weighted by molar-refractivity contribution is -0.131. The fourth-order valence-electron chi connectivity index (χ4n) is 1.06. The van der Waals surface area contributed by atoms with Gasteiger partial charge in [0.25, 0.3) is 0 Å². The van der Waals surface area contributed by atoms with Crippen LogP contribution >= 0.6 is 11.3 Å². The van der Waals surface area contributed by atoms with Crippen molar-refractivity contribution in [1.29, 1.82) is 0 Å². The van der Waals surface area contributed by atoms with E-state index in [2.05, 4.69) is 4.98 Å². The van der Waals surface area contributed by atoms with Crippen molar-refractivity contribution in [3.63, 3.8) is 0 Å². The van der Waals surface area contributed by atoms with Crippen LogP contribution in [0.25, 0.3) is 5.57 Å². The molecule has 0 aliphatic carbocycles. The van der Waals surface area contributed by atoms with Crippen LogP contribution in [-0.2, 0) is 4.79 Å². The van der Waals surface area contributed by atoms with E-state index in [1.807, 2.05) is 18.4 Å². The van der Waals surface area contributed by atoms with Gasteiger partial charge in [0.1, 0.15) is 5.01 Å². The molecule has 1 aromatic heterocycles. The van der Waals surface area contributed by atoms with Gasteiger partial charge in [-0.3, -0.25) is 0 Å². The molecule has 1 heterocycles. The maximum absolute atomic E-state index is 10.4. The molecule has 0 spiro atoms. The van der Waals surface area contributed by atoms with Crippen LogP contribution in [0.2, 0.25) is 0 Å². The van der Waals surface area contributed by atoms with Crippen molar-refractivity contribution in [2.24, 2.45) is 0 Å². The minimum absolute atomic E-state index is 0.713. The van der Waals surface area contributed by atoms with Crippen LogP contribution in [0.3, 0.4) is 0 Å². The fraction of sp³-hybridized carbons (Fsp3) is 0.200. The van der Waals surface area contributed by atoms with E-state index in [-0.39, 0.29) is 0 Å². The molecule has 0 radical (unpaired) electrons. The summed E-state index contributed by atoms with van der Waals surface area (Å²) in [5.41, 5.74) is 1.69. The SMILES string of the molecule is CC(=C/C(=O)O)/C=C(\C)c1nccs1. The van der Waals surface area contributed by atoms with Crippen molar-refractivity contribution >= 4 is 22.9 Å². The van der Waals surface area contributed by atoms with E-state index >= 15 is 0 Å². The van der Waals surface area contributed by atoms with Gasteiger partial charge in [-0.2, -0.15) is 0 Å². The Bertz CT molecular complexity index is 377. The molecule has 1 rings (SSSR count). The maximum atomic E-state index is 10.4. The Labute approximate surface area is 86.4 Å². The Morgan fingerprint density at radius 1 is 1.50 bits per heavy atom. The average Bonchev–Trinajstić information content (AvgIpc) is 2.53.